The van der Waals surface area contributed by atoms with Gasteiger partial charge in [-0.25, -0.2) is 9.69 Å². The van der Waals surface area contributed by atoms with E-state index in [9.17, 15) is 9.59 Å². The van der Waals surface area contributed by atoms with Crippen molar-refractivity contribution in [1.29, 1.82) is 0 Å². The van der Waals surface area contributed by atoms with Crippen LogP contribution in [0, 0.1) is 0 Å². The van der Waals surface area contributed by atoms with Crippen LogP contribution in [0.15, 0.2) is 60.7 Å². The van der Waals surface area contributed by atoms with E-state index in [-0.39, 0.29) is 12.5 Å². The molecule has 0 radical (unpaired) electrons. The highest BCUT2D eigenvalue weighted by molar-refractivity contribution is 6.01. The van der Waals surface area contributed by atoms with E-state index in [1.165, 1.54) is 6.08 Å². The van der Waals surface area contributed by atoms with Crippen molar-refractivity contribution in [2.24, 2.45) is 0 Å². The van der Waals surface area contributed by atoms with E-state index in [2.05, 4.69) is 0 Å². The molecule has 0 N–H and O–H groups in total. The number of rotatable bonds is 4. The third kappa shape index (κ3) is 3.77. The van der Waals surface area contributed by atoms with Crippen LogP contribution in [0.5, 0.6) is 11.5 Å². The maximum atomic E-state index is 11.9. The second-order valence-corrected chi connectivity index (χ2v) is 4.92. The van der Waals surface area contributed by atoms with Crippen molar-refractivity contribution in [3.63, 3.8) is 0 Å². The van der Waals surface area contributed by atoms with Crippen LogP contribution in [-0.4, -0.2) is 30.1 Å². The number of carbonyl (C=O) groups excluding carboxylic acids is 2. The summed E-state index contributed by atoms with van der Waals surface area (Å²) in [7, 11) is 0. The zero-order chi connectivity index (χ0) is 16.1. The summed E-state index contributed by atoms with van der Waals surface area (Å²) in [4.78, 5) is 24.2. The van der Waals surface area contributed by atoms with E-state index in [1.807, 2.05) is 54.6 Å². The number of ether oxygens (including phenoxy) is 2. The first-order chi connectivity index (χ1) is 11.2. The Bertz CT molecular complexity index is 722. The van der Waals surface area contributed by atoms with Crippen LogP contribution in [-0.2, 0) is 9.53 Å². The minimum atomic E-state index is -0.591. The molecule has 2 aromatic rings. The summed E-state index contributed by atoms with van der Waals surface area (Å²) in [5.41, 5.74) is 0.839. The van der Waals surface area contributed by atoms with E-state index in [0.717, 1.165) is 16.2 Å². The Morgan fingerprint density at radius 3 is 2.39 bits per heavy atom. The zero-order valence-electron chi connectivity index (χ0n) is 12.3. The molecule has 0 saturated carbocycles. The average molecular weight is 309 g/mol. The minimum Gasteiger partial charge on any atom is -0.457 e. The zero-order valence-corrected chi connectivity index (χ0v) is 12.3. The van der Waals surface area contributed by atoms with E-state index in [1.54, 1.807) is 6.08 Å². The second kappa shape index (κ2) is 6.79. The summed E-state index contributed by atoms with van der Waals surface area (Å²) < 4.78 is 10.4. The number of carbonyl (C=O) groups is 2. The Balaban J connectivity index is 1.62. The predicted molar refractivity (Wildman–Crippen MR) is 85.1 cm³/mol. The Kier molecular flexibility index (Phi) is 4.38. The maximum absolute atomic E-state index is 11.9. The summed E-state index contributed by atoms with van der Waals surface area (Å²) >= 11 is 0. The molecule has 1 aliphatic rings. The lowest BCUT2D eigenvalue weighted by Gasteiger charge is -2.07. The molecule has 2 amide bonds. The summed E-state index contributed by atoms with van der Waals surface area (Å²) in [6.45, 7) is 0.551. The minimum absolute atomic E-state index is 0.254. The van der Waals surface area contributed by atoms with Gasteiger partial charge >= 0.3 is 6.09 Å². The first kappa shape index (κ1) is 14.8. The van der Waals surface area contributed by atoms with E-state index in [0.29, 0.717) is 12.3 Å². The lowest BCUT2D eigenvalue weighted by atomic mass is 10.2. The van der Waals surface area contributed by atoms with E-state index < -0.39 is 6.09 Å². The number of amides is 2. The van der Waals surface area contributed by atoms with Crippen LogP contribution in [0.4, 0.5) is 4.79 Å². The molecule has 1 aliphatic heterocycles. The number of benzene rings is 2. The molecule has 0 aliphatic carbocycles. The predicted octanol–water partition coefficient (Wildman–Crippen LogP) is 3.47. The highest BCUT2D eigenvalue weighted by Crippen LogP contribution is 2.21. The van der Waals surface area contributed by atoms with Gasteiger partial charge < -0.3 is 9.47 Å². The van der Waals surface area contributed by atoms with Gasteiger partial charge in [0, 0.05) is 6.08 Å². The third-order valence-corrected chi connectivity index (χ3v) is 3.30. The number of nitrogens with zero attached hydrogens (tertiary/aromatic N) is 1. The molecule has 1 heterocycles. The third-order valence-electron chi connectivity index (χ3n) is 3.30. The van der Waals surface area contributed by atoms with Gasteiger partial charge in [0.05, 0.1) is 6.54 Å². The molecule has 2 aromatic carbocycles. The van der Waals surface area contributed by atoms with Gasteiger partial charge in [0.15, 0.2) is 0 Å². The number of hydrogen-bond donors (Lipinski definition) is 0. The number of imide groups is 1. The molecule has 23 heavy (non-hydrogen) atoms. The lowest BCUT2D eigenvalue weighted by Crippen LogP contribution is -2.29. The molecule has 0 bridgehead atoms. The fourth-order valence-corrected chi connectivity index (χ4v) is 2.12. The second-order valence-electron chi connectivity index (χ2n) is 4.92. The number of cyclic esters (lactones) is 1. The molecule has 0 spiro atoms. The Morgan fingerprint density at radius 1 is 1.04 bits per heavy atom. The molecule has 116 valence electrons. The van der Waals surface area contributed by atoms with Crippen LogP contribution in [0.1, 0.15) is 5.56 Å². The molecule has 1 fully saturated rings. The molecule has 0 atom stereocenters. The van der Waals surface area contributed by atoms with Crippen molar-refractivity contribution >= 4 is 18.1 Å². The topological polar surface area (TPSA) is 55.8 Å². The smallest absolute Gasteiger partial charge is 0.416 e. The van der Waals surface area contributed by atoms with E-state index >= 15 is 0 Å². The van der Waals surface area contributed by atoms with Gasteiger partial charge in [0.25, 0.3) is 5.91 Å². The molecular weight excluding hydrogens is 294 g/mol. The molecule has 0 unspecified atom stereocenters. The van der Waals surface area contributed by atoms with Gasteiger partial charge in [-0.2, -0.15) is 0 Å². The molecule has 3 rings (SSSR count). The number of hydrogen-bond acceptors (Lipinski definition) is 4. The van der Waals surface area contributed by atoms with Gasteiger partial charge in [-0.15, -0.1) is 0 Å². The van der Waals surface area contributed by atoms with Crippen molar-refractivity contribution < 1.29 is 19.1 Å². The number of para-hydroxylation sites is 1. The van der Waals surface area contributed by atoms with Crippen LogP contribution in [0.3, 0.4) is 0 Å². The van der Waals surface area contributed by atoms with Crippen molar-refractivity contribution in [2.75, 3.05) is 13.2 Å². The summed E-state index contributed by atoms with van der Waals surface area (Å²) in [5, 5.41) is 0. The standard InChI is InChI=1S/C18H15NO4/c20-17(19-12-13-22-18(19)21)11-8-14-6-9-16(10-7-14)23-15-4-2-1-3-5-15/h1-11H,12-13H2/b11-8+. The van der Waals surface area contributed by atoms with Gasteiger partial charge in [0.1, 0.15) is 18.1 Å². The van der Waals surface area contributed by atoms with Crippen molar-refractivity contribution in [1.82, 2.24) is 4.90 Å². The molecule has 5 heteroatoms. The van der Waals surface area contributed by atoms with Crippen LogP contribution < -0.4 is 4.74 Å². The SMILES string of the molecule is O=C(/C=C/c1ccc(Oc2ccccc2)cc1)N1CCOC1=O. The highest BCUT2D eigenvalue weighted by atomic mass is 16.6. The first-order valence-electron chi connectivity index (χ1n) is 7.22. The van der Waals surface area contributed by atoms with Crippen LogP contribution in [0.2, 0.25) is 0 Å². The van der Waals surface area contributed by atoms with Crippen molar-refractivity contribution in [2.45, 2.75) is 0 Å². The molecule has 5 nitrogen and oxygen atoms in total. The van der Waals surface area contributed by atoms with Gasteiger partial charge in [-0.3, -0.25) is 4.79 Å². The Labute approximate surface area is 133 Å². The molecule has 0 aromatic heterocycles. The monoisotopic (exact) mass is 309 g/mol. The summed E-state index contributed by atoms with van der Waals surface area (Å²) in [6.07, 6.45) is 2.42. The van der Waals surface area contributed by atoms with E-state index in [4.69, 9.17) is 9.47 Å². The molecule has 1 saturated heterocycles. The van der Waals surface area contributed by atoms with Gasteiger partial charge in [-0.1, -0.05) is 30.3 Å². The van der Waals surface area contributed by atoms with Gasteiger partial charge in [0.2, 0.25) is 0 Å². The van der Waals surface area contributed by atoms with Crippen LogP contribution in [0.25, 0.3) is 6.08 Å². The van der Waals surface area contributed by atoms with Crippen LogP contribution >= 0.6 is 0 Å². The molecular formula is C18H15NO4. The maximum Gasteiger partial charge on any atom is 0.416 e. The Hall–Kier alpha value is -3.08. The summed E-state index contributed by atoms with van der Waals surface area (Å²) in [6, 6.07) is 16.8. The first-order valence-corrected chi connectivity index (χ1v) is 7.22. The van der Waals surface area contributed by atoms with Gasteiger partial charge in [-0.05, 0) is 35.9 Å². The summed E-state index contributed by atoms with van der Waals surface area (Å²) in [5.74, 6) is 1.10. The quantitative estimate of drug-likeness (QED) is 0.812. The largest absolute Gasteiger partial charge is 0.457 e. The fourth-order valence-electron chi connectivity index (χ4n) is 2.12. The normalized spacial score (nSPS) is 14.1. The fraction of sp³-hybridized carbons (Fsp3) is 0.111. The van der Waals surface area contributed by atoms with Crippen molar-refractivity contribution in [3.8, 4) is 11.5 Å². The highest BCUT2D eigenvalue weighted by Gasteiger charge is 2.26. The Morgan fingerprint density at radius 2 is 1.74 bits per heavy atom. The lowest BCUT2D eigenvalue weighted by molar-refractivity contribution is -0.122. The average Bonchev–Trinajstić information content (AvgIpc) is 3.01. The van der Waals surface area contributed by atoms with Crippen molar-refractivity contribution in [3.05, 3.63) is 66.2 Å².